The maximum absolute atomic E-state index is 13.8. The van der Waals surface area contributed by atoms with E-state index in [1.165, 1.54) is 11.0 Å². The molecule has 0 saturated carbocycles. The largest absolute Gasteiger partial charge is 0.454 e. The Morgan fingerprint density at radius 2 is 1.75 bits per heavy atom. The molecule has 2 amide bonds. The molecule has 1 aliphatic rings. The molecule has 10 heteroatoms. The van der Waals surface area contributed by atoms with Crippen LogP contribution >= 0.6 is 0 Å². The molecule has 0 aromatic heterocycles. The minimum atomic E-state index is -3.83. The van der Waals surface area contributed by atoms with Crippen molar-refractivity contribution >= 4 is 27.5 Å². The third-order valence-electron chi connectivity index (χ3n) is 6.31. The molecular formula is C26H35N3O6S. The molecule has 1 aliphatic heterocycles. The summed E-state index contributed by atoms with van der Waals surface area (Å²) < 4.78 is 37.3. The van der Waals surface area contributed by atoms with Crippen LogP contribution in [-0.4, -0.2) is 56.8 Å². The van der Waals surface area contributed by atoms with Crippen molar-refractivity contribution < 1.29 is 27.5 Å². The molecule has 0 spiro atoms. The fourth-order valence-electron chi connectivity index (χ4n) is 3.99. The molecule has 0 aliphatic carbocycles. The standard InChI is InChI=1S/C26H35N3O6S/c1-6-19(4)27-26(31)22(7-2)28(15-20-11-9-8-10-18(20)3)25(30)16-29(36(5,32)33)21-12-13-23-24(14-21)35-17-34-23/h8-14,19,22H,6-7,15-17H2,1-5H3,(H,27,31)/t19-,22+/m0/s1. The zero-order chi connectivity index (χ0) is 26.5. The molecule has 9 nitrogen and oxygen atoms in total. The van der Waals surface area contributed by atoms with E-state index in [0.29, 0.717) is 17.9 Å². The number of carbonyl (C=O) groups is 2. The summed E-state index contributed by atoms with van der Waals surface area (Å²) in [6.07, 6.45) is 2.17. The van der Waals surface area contributed by atoms with Gasteiger partial charge in [0.15, 0.2) is 11.5 Å². The molecule has 0 unspecified atom stereocenters. The number of nitrogens with one attached hydrogen (secondary N) is 1. The Kier molecular flexibility index (Phi) is 8.84. The van der Waals surface area contributed by atoms with E-state index in [9.17, 15) is 18.0 Å². The summed E-state index contributed by atoms with van der Waals surface area (Å²) in [5, 5.41) is 2.96. The van der Waals surface area contributed by atoms with E-state index >= 15 is 0 Å². The number of carbonyl (C=O) groups excluding carboxylic acids is 2. The van der Waals surface area contributed by atoms with Gasteiger partial charge in [-0.1, -0.05) is 38.1 Å². The van der Waals surface area contributed by atoms with Crippen LogP contribution in [0.1, 0.15) is 44.7 Å². The van der Waals surface area contributed by atoms with E-state index in [4.69, 9.17) is 9.47 Å². The molecular weight excluding hydrogens is 482 g/mol. The van der Waals surface area contributed by atoms with Gasteiger partial charge in [-0.15, -0.1) is 0 Å². The molecule has 2 atom stereocenters. The quantitative estimate of drug-likeness (QED) is 0.491. The van der Waals surface area contributed by atoms with E-state index < -0.39 is 28.5 Å². The number of amides is 2. The number of aryl methyl sites for hydroxylation is 1. The number of hydrogen-bond acceptors (Lipinski definition) is 6. The first kappa shape index (κ1) is 27.3. The highest BCUT2D eigenvalue weighted by atomic mass is 32.2. The first-order valence-corrected chi connectivity index (χ1v) is 13.9. The van der Waals surface area contributed by atoms with Crippen molar-refractivity contribution in [2.24, 2.45) is 0 Å². The number of fused-ring (bicyclic) bond motifs is 1. The van der Waals surface area contributed by atoms with Crippen molar-refractivity contribution in [3.05, 3.63) is 53.6 Å². The Hall–Kier alpha value is -3.27. The second-order valence-corrected chi connectivity index (χ2v) is 10.9. The maximum atomic E-state index is 13.8. The first-order valence-electron chi connectivity index (χ1n) is 12.1. The van der Waals surface area contributed by atoms with Crippen molar-refractivity contribution in [1.82, 2.24) is 10.2 Å². The molecule has 3 rings (SSSR count). The van der Waals surface area contributed by atoms with E-state index in [0.717, 1.165) is 28.1 Å². The van der Waals surface area contributed by atoms with Gasteiger partial charge in [-0.05, 0) is 49.9 Å². The average Bonchev–Trinajstić information content (AvgIpc) is 3.30. The van der Waals surface area contributed by atoms with Crippen LogP contribution in [0.15, 0.2) is 42.5 Å². The van der Waals surface area contributed by atoms with Crippen LogP contribution in [-0.2, 0) is 26.2 Å². The van der Waals surface area contributed by atoms with Gasteiger partial charge in [0.25, 0.3) is 0 Å². The molecule has 1 heterocycles. The van der Waals surface area contributed by atoms with Gasteiger partial charge in [-0.3, -0.25) is 13.9 Å². The minimum Gasteiger partial charge on any atom is -0.454 e. The topological polar surface area (TPSA) is 105 Å². The van der Waals surface area contributed by atoms with Crippen LogP contribution in [0.4, 0.5) is 5.69 Å². The van der Waals surface area contributed by atoms with Crippen molar-refractivity contribution in [2.45, 2.75) is 59.2 Å². The SMILES string of the molecule is CC[C@H](C(=O)N[C@@H](C)CC)N(Cc1ccccc1C)C(=O)CN(c1ccc2c(c1)OCO2)S(C)(=O)=O. The summed E-state index contributed by atoms with van der Waals surface area (Å²) in [6.45, 7) is 7.41. The third kappa shape index (κ3) is 6.48. The number of ether oxygens (including phenoxy) is 2. The van der Waals surface area contributed by atoms with Crippen LogP contribution in [0.2, 0.25) is 0 Å². The van der Waals surface area contributed by atoms with Gasteiger partial charge in [0.2, 0.25) is 28.6 Å². The summed E-state index contributed by atoms with van der Waals surface area (Å²) >= 11 is 0. The van der Waals surface area contributed by atoms with Crippen LogP contribution in [0.25, 0.3) is 0 Å². The lowest BCUT2D eigenvalue weighted by molar-refractivity contribution is -0.140. The molecule has 36 heavy (non-hydrogen) atoms. The Balaban J connectivity index is 1.96. The average molecular weight is 518 g/mol. The van der Waals surface area contributed by atoms with Crippen LogP contribution in [0, 0.1) is 6.92 Å². The Morgan fingerprint density at radius 3 is 2.39 bits per heavy atom. The highest BCUT2D eigenvalue weighted by molar-refractivity contribution is 7.92. The van der Waals surface area contributed by atoms with E-state index in [1.54, 1.807) is 12.1 Å². The van der Waals surface area contributed by atoms with Gasteiger partial charge in [0.1, 0.15) is 12.6 Å². The molecule has 1 N–H and O–H groups in total. The molecule has 2 aromatic carbocycles. The second-order valence-electron chi connectivity index (χ2n) is 9.00. The van der Waals surface area contributed by atoms with Gasteiger partial charge in [0.05, 0.1) is 11.9 Å². The number of hydrogen-bond donors (Lipinski definition) is 1. The Bertz CT molecular complexity index is 1200. The minimum absolute atomic E-state index is 0.0459. The van der Waals surface area contributed by atoms with Gasteiger partial charge >= 0.3 is 0 Å². The van der Waals surface area contributed by atoms with Gasteiger partial charge < -0.3 is 19.7 Å². The number of benzene rings is 2. The Labute approximate surface area is 213 Å². The highest BCUT2D eigenvalue weighted by Crippen LogP contribution is 2.36. The molecule has 0 saturated heterocycles. The zero-order valence-electron chi connectivity index (χ0n) is 21.5. The second kappa shape index (κ2) is 11.6. The summed E-state index contributed by atoms with van der Waals surface area (Å²) in [7, 11) is -3.83. The summed E-state index contributed by atoms with van der Waals surface area (Å²) in [5.74, 6) is 0.174. The maximum Gasteiger partial charge on any atom is 0.244 e. The van der Waals surface area contributed by atoms with Crippen LogP contribution < -0.4 is 19.1 Å². The third-order valence-corrected chi connectivity index (χ3v) is 7.45. The highest BCUT2D eigenvalue weighted by Gasteiger charge is 2.32. The van der Waals surface area contributed by atoms with E-state index in [-0.39, 0.29) is 31.0 Å². The fourth-order valence-corrected chi connectivity index (χ4v) is 4.83. The molecule has 0 bridgehead atoms. The summed E-state index contributed by atoms with van der Waals surface area (Å²) in [6, 6.07) is 11.5. The van der Waals surface area contributed by atoms with Gasteiger partial charge in [-0.2, -0.15) is 0 Å². The predicted molar refractivity (Wildman–Crippen MR) is 138 cm³/mol. The zero-order valence-corrected chi connectivity index (χ0v) is 22.3. The normalized spacial score (nSPS) is 14.1. The monoisotopic (exact) mass is 517 g/mol. The number of anilines is 1. The molecule has 0 fully saturated rings. The lowest BCUT2D eigenvalue weighted by Gasteiger charge is -2.33. The van der Waals surface area contributed by atoms with Crippen molar-refractivity contribution in [3.63, 3.8) is 0 Å². The lowest BCUT2D eigenvalue weighted by atomic mass is 10.1. The van der Waals surface area contributed by atoms with Gasteiger partial charge in [0, 0.05) is 18.7 Å². The Morgan fingerprint density at radius 1 is 1.06 bits per heavy atom. The van der Waals surface area contributed by atoms with Gasteiger partial charge in [-0.25, -0.2) is 8.42 Å². The van der Waals surface area contributed by atoms with Crippen LogP contribution in [0.5, 0.6) is 11.5 Å². The van der Waals surface area contributed by atoms with Crippen molar-refractivity contribution in [1.29, 1.82) is 0 Å². The lowest BCUT2D eigenvalue weighted by Crippen LogP contribution is -2.53. The smallest absolute Gasteiger partial charge is 0.244 e. The van der Waals surface area contributed by atoms with Crippen molar-refractivity contribution in [3.8, 4) is 11.5 Å². The van der Waals surface area contributed by atoms with E-state index in [1.807, 2.05) is 52.0 Å². The van der Waals surface area contributed by atoms with Crippen LogP contribution in [0.3, 0.4) is 0 Å². The molecule has 2 aromatic rings. The predicted octanol–water partition coefficient (Wildman–Crippen LogP) is 3.21. The van der Waals surface area contributed by atoms with E-state index in [2.05, 4.69) is 5.32 Å². The first-order chi connectivity index (χ1) is 17.0. The molecule has 196 valence electrons. The number of rotatable bonds is 11. The number of nitrogens with zero attached hydrogens (tertiary/aromatic N) is 2. The fraction of sp³-hybridized carbons (Fsp3) is 0.462. The summed E-state index contributed by atoms with van der Waals surface area (Å²) in [4.78, 5) is 28.4. The number of sulfonamides is 1. The molecule has 0 radical (unpaired) electrons. The summed E-state index contributed by atoms with van der Waals surface area (Å²) in [5.41, 5.74) is 2.14. The van der Waals surface area contributed by atoms with Crippen molar-refractivity contribution in [2.75, 3.05) is 23.9 Å².